The molecule has 0 aliphatic carbocycles. The average Bonchev–Trinajstić information content (AvgIpc) is 2.66. The molecule has 0 fully saturated rings. The van der Waals surface area contributed by atoms with E-state index in [4.69, 9.17) is 9.29 Å². The average molecular weight is 429 g/mol. The molecule has 0 radical (unpaired) electrons. The molecule has 2 aromatic carbocycles. The van der Waals surface area contributed by atoms with Crippen LogP contribution in [-0.4, -0.2) is 13.0 Å². The van der Waals surface area contributed by atoms with Gasteiger partial charge in [-0.05, 0) is 48.4 Å². The molecule has 0 atom stereocenters. The first kappa shape index (κ1) is 26.0. The Balaban J connectivity index is 0.00000420. The Bertz CT molecular complexity index is 835. The van der Waals surface area contributed by atoms with E-state index in [9.17, 15) is 13.5 Å². The van der Waals surface area contributed by atoms with E-state index in [1.807, 2.05) is 12.1 Å². The summed E-state index contributed by atoms with van der Waals surface area (Å²) in [5.74, 6) is -0.539. The number of rotatable bonds is 12. The zero-order valence-electron chi connectivity index (χ0n) is 17.4. The van der Waals surface area contributed by atoms with Crippen molar-refractivity contribution in [3.8, 4) is 17.2 Å². The fourth-order valence-corrected chi connectivity index (χ4v) is 3.68. The molecule has 0 spiro atoms. The number of para-hydroxylation sites is 1. The molecule has 0 unspecified atom stereocenters. The van der Waals surface area contributed by atoms with Crippen LogP contribution in [0.2, 0.25) is 0 Å². The first-order valence-corrected chi connectivity index (χ1v) is 11.4. The van der Waals surface area contributed by atoms with Crippen molar-refractivity contribution in [3.05, 3.63) is 48.0 Å². The maximum atomic E-state index is 12.1. The third-order valence-electron chi connectivity index (χ3n) is 4.69. The smallest absolute Gasteiger partial charge is 0.869 e. The van der Waals surface area contributed by atoms with Crippen LogP contribution >= 0.6 is 0 Å². The summed E-state index contributed by atoms with van der Waals surface area (Å²) in [7, 11) is -4.57. The molecule has 0 aliphatic heterocycles. The molecule has 0 bridgehead atoms. The molecule has 5 nitrogen and oxygen atoms in total. The van der Waals surface area contributed by atoms with E-state index in [0.29, 0.717) is 5.75 Å². The predicted molar refractivity (Wildman–Crippen MR) is 109 cm³/mol. The van der Waals surface area contributed by atoms with E-state index in [0.717, 1.165) is 18.9 Å². The topological polar surface area (TPSA) is 86.7 Å². The molecular weight excluding hydrogens is 399 g/mol. The fourth-order valence-electron chi connectivity index (χ4n) is 3.09. The van der Waals surface area contributed by atoms with Gasteiger partial charge >= 0.3 is 29.6 Å². The van der Waals surface area contributed by atoms with Gasteiger partial charge in [0.05, 0.1) is 4.90 Å². The van der Waals surface area contributed by atoms with E-state index < -0.39 is 20.8 Å². The minimum atomic E-state index is -4.57. The van der Waals surface area contributed by atoms with Gasteiger partial charge in [0.1, 0.15) is 11.5 Å². The van der Waals surface area contributed by atoms with Crippen molar-refractivity contribution in [1.82, 2.24) is 0 Å². The van der Waals surface area contributed by atoms with E-state index in [2.05, 4.69) is 6.92 Å². The van der Waals surface area contributed by atoms with Gasteiger partial charge < -0.3 is 9.84 Å². The molecule has 154 valence electrons. The Labute approximate surface area is 196 Å². The van der Waals surface area contributed by atoms with E-state index in [1.165, 1.54) is 62.6 Å². The normalized spacial score (nSPS) is 11.1. The predicted octanol–water partition coefficient (Wildman–Crippen LogP) is 2.49. The minimum Gasteiger partial charge on any atom is -0.869 e. The quantitative estimate of drug-likeness (QED) is 0.319. The van der Waals surface area contributed by atoms with Gasteiger partial charge in [-0.3, -0.25) is 4.55 Å². The Kier molecular flexibility index (Phi) is 11.9. The zero-order chi connectivity index (χ0) is 20.4. The first-order chi connectivity index (χ1) is 13.4. The number of benzene rings is 2. The van der Waals surface area contributed by atoms with Crippen LogP contribution in [0.5, 0.6) is 17.2 Å². The number of ether oxygens (including phenoxy) is 1. The fraction of sp³-hybridized carbons (Fsp3) is 0.455. The molecule has 2 aromatic rings. The van der Waals surface area contributed by atoms with Crippen LogP contribution in [0.3, 0.4) is 0 Å². The largest absolute Gasteiger partial charge is 1.00 e. The van der Waals surface area contributed by atoms with E-state index in [1.54, 1.807) is 12.1 Å². The molecule has 0 amide bonds. The molecule has 0 saturated heterocycles. The van der Waals surface area contributed by atoms with Gasteiger partial charge in [-0.15, -0.1) is 0 Å². The zero-order valence-corrected chi connectivity index (χ0v) is 20.2. The van der Waals surface area contributed by atoms with Crippen LogP contribution in [0.1, 0.15) is 63.9 Å². The Morgan fingerprint density at radius 1 is 0.897 bits per heavy atom. The molecule has 0 saturated carbocycles. The summed E-state index contributed by atoms with van der Waals surface area (Å²) >= 11 is 0. The summed E-state index contributed by atoms with van der Waals surface area (Å²) < 4.78 is 37.0. The summed E-state index contributed by atoms with van der Waals surface area (Å²) in [6, 6.07) is 11.2. The molecule has 29 heavy (non-hydrogen) atoms. The second-order valence-corrected chi connectivity index (χ2v) is 8.42. The Morgan fingerprint density at radius 2 is 1.48 bits per heavy atom. The molecule has 0 heterocycles. The van der Waals surface area contributed by atoms with Crippen molar-refractivity contribution in [2.75, 3.05) is 0 Å². The van der Waals surface area contributed by atoms with Crippen molar-refractivity contribution in [1.29, 1.82) is 0 Å². The van der Waals surface area contributed by atoms with Crippen molar-refractivity contribution in [2.45, 2.75) is 69.6 Å². The monoisotopic (exact) mass is 428 g/mol. The third kappa shape index (κ3) is 9.09. The van der Waals surface area contributed by atoms with Crippen LogP contribution in [0.15, 0.2) is 47.4 Å². The van der Waals surface area contributed by atoms with Gasteiger partial charge in [0.25, 0.3) is 10.1 Å². The maximum absolute atomic E-state index is 12.1. The van der Waals surface area contributed by atoms with Crippen molar-refractivity contribution in [3.63, 3.8) is 0 Å². The van der Waals surface area contributed by atoms with Gasteiger partial charge in [-0.2, -0.15) is 8.42 Å². The number of hydrogen-bond donors (Lipinski definition) is 1. The molecule has 2 rings (SSSR count). The van der Waals surface area contributed by atoms with Gasteiger partial charge in [-0.1, -0.05) is 70.1 Å². The van der Waals surface area contributed by atoms with Gasteiger partial charge in [-0.25, -0.2) is 0 Å². The molecule has 0 aromatic heterocycles. The second-order valence-electron chi connectivity index (χ2n) is 7.03. The van der Waals surface area contributed by atoms with Gasteiger partial charge in [0.15, 0.2) is 0 Å². The second kappa shape index (κ2) is 13.3. The van der Waals surface area contributed by atoms with Crippen molar-refractivity contribution >= 4 is 10.1 Å². The van der Waals surface area contributed by atoms with E-state index >= 15 is 0 Å². The summed E-state index contributed by atoms with van der Waals surface area (Å²) in [6.07, 6.45) is 11.3. The first-order valence-electron chi connectivity index (χ1n) is 9.96. The third-order valence-corrected chi connectivity index (χ3v) is 5.57. The summed E-state index contributed by atoms with van der Waals surface area (Å²) in [6.45, 7) is 2.23. The van der Waals surface area contributed by atoms with Crippen LogP contribution in [0, 0.1) is 0 Å². The van der Waals surface area contributed by atoms with Gasteiger partial charge in [0.2, 0.25) is 0 Å². The number of unbranched alkanes of at least 4 members (excludes halogenated alkanes) is 7. The molecular formula is C22H29NaO5S. The summed E-state index contributed by atoms with van der Waals surface area (Å²) in [5, 5.41) is 12.1. The summed E-state index contributed by atoms with van der Waals surface area (Å²) in [4.78, 5) is -0.684. The number of aryl methyl sites for hydroxylation is 1. The van der Waals surface area contributed by atoms with Crippen molar-refractivity contribution in [2.24, 2.45) is 0 Å². The van der Waals surface area contributed by atoms with Gasteiger partial charge in [0, 0.05) is 0 Å². The van der Waals surface area contributed by atoms with Crippen molar-refractivity contribution < 1.29 is 52.4 Å². The van der Waals surface area contributed by atoms with Crippen LogP contribution in [0.25, 0.3) is 0 Å². The minimum absolute atomic E-state index is 0. The molecule has 1 N–H and O–H groups in total. The van der Waals surface area contributed by atoms with E-state index in [-0.39, 0.29) is 35.3 Å². The SMILES string of the molecule is CCCCCCCCCCc1ccc(Oc2cccc(S(=O)(=O)O)c2[O-])cc1.[Na+]. The summed E-state index contributed by atoms with van der Waals surface area (Å²) in [5.41, 5.74) is 1.20. The Morgan fingerprint density at radius 3 is 2.07 bits per heavy atom. The standard InChI is InChI=1S/C22H30O5S.Na/c1-2-3-4-5-6-7-8-9-11-18-14-16-19(17-15-18)27-20-12-10-13-21(22(20)23)28(24,25)26;/h10,12-17,23H,2-9,11H2,1H3,(H,24,25,26);/q;+1/p-1. The van der Waals surface area contributed by atoms with Crippen LogP contribution < -0.4 is 39.4 Å². The van der Waals surface area contributed by atoms with Crippen LogP contribution in [-0.2, 0) is 16.5 Å². The molecule has 0 aliphatic rings. The maximum Gasteiger partial charge on any atom is 1.00 e. The molecule has 7 heteroatoms. The number of hydrogen-bond acceptors (Lipinski definition) is 4. The van der Waals surface area contributed by atoms with Crippen LogP contribution in [0.4, 0.5) is 0 Å². The Hall–Kier alpha value is -1.05.